The standard InChI is InChI=1S/C6H8ClF3O3S/c7-14(11,12)4-1-2-13-5(3-4)6(8,9)10/h4-5H,1-3H2. The summed E-state index contributed by atoms with van der Waals surface area (Å²) in [5, 5.41) is -1.16. The van der Waals surface area contributed by atoms with E-state index in [2.05, 4.69) is 4.74 Å². The first-order chi connectivity index (χ1) is 6.21. The minimum absolute atomic E-state index is 0.0123. The number of alkyl halides is 3. The maximum atomic E-state index is 12.1. The van der Waals surface area contributed by atoms with Crippen molar-refractivity contribution in [3.05, 3.63) is 0 Å². The molecule has 0 amide bonds. The van der Waals surface area contributed by atoms with Crippen molar-refractivity contribution >= 4 is 19.7 Å². The fourth-order valence-electron chi connectivity index (χ4n) is 1.25. The maximum absolute atomic E-state index is 12.1. The quantitative estimate of drug-likeness (QED) is 0.667. The van der Waals surface area contributed by atoms with Gasteiger partial charge in [-0.15, -0.1) is 0 Å². The zero-order chi connectivity index (χ0) is 11.0. The first-order valence-electron chi connectivity index (χ1n) is 3.83. The molecule has 1 saturated heterocycles. The van der Waals surface area contributed by atoms with E-state index in [0.29, 0.717) is 0 Å². The normalized spacial score (nSPS) is 30.3. The Balaban J connectivity index is 2.71. The molecular formula is C6H8ClF3O3S. The molecule has 0 aromatic heterocycles. The lowest BCUT2D eigenvalue weighted by atomic mass is 10.1. The van der Waals surface area contributed by atoms with E-state index in [1.165, 1.54) is 0 Å². The van der Waals surface area contributed by atoms with E-state index in [-0.39, 0.29) is 13.0 Å². The van der Waals surface area contributed by atoms with Gasteiger partial charge in [-0.05, 0) is 6.42 Å². The predicted octanol–water partition coefficient (Wildman–Crippen LogP) is 1.66. The van der Waals surface area contributed by atoms with Gasteiger partial charge in [0.15, 0.2) is 6.10 Å². The van der Waals surface area contributed by atoms with Crippen LogP contribution >= 0.6 is 10.7 Å². The second-order valence-corrected chi connectivity index (χ2v) is 5.93. The highest BCUT2D eigenvalue weighted by atomic mass is 35.7. The second kappa shape index (κ2) is 3.86. The molecule has 0 spiro atoms. The van der Waals surface area contributed by atoms with E-state index in [1.54, 1.807) is 0 Å². The van der Waals surface area contributed by atoms with Crippen molar-refractivity contribution in [1.29, 1.82) is 0 Å². The molecule has 3 nitrogen and oxygen atoms in total. The van der Waals surface area contributed by atoms with Crippen LogP contribution in [0.3, 0.4) is 0 Å². The third-order valence-electron chi connectivity index (χ3n) is 2.00. The molecule has 14 heavy (non-hydrogen) atoms. The van der Waals surface area contributed by atoms with Crippen LogP contribution in [0.4, 0.5) is 13.2 Å². The summed E-state index contributed by atoms with van der Waals surface area (Å²) < 4.78 is 62.4. The smallest absolute Gasteiger partial charge is 0.369 e. The molecule has 84 valence electrons. The van der Waals surface area contributed by atoms with Crippen molar-refractivity contribution in [1.82, 2.24) is 0 Å². The van der Waals surface area contributed by atoms with Crippen LogP contribution in [0.5, 0.6) is 0 Å². The average Bonchev–Trinajstić information content (AvgIpc) is 2.01. The Labute approximate surface area is 83.6 Å². The molecule has 1 heterocycles. The monoisotopic (exact) mass is 252 g/mol. The van der Waals surface area contributed by atoms with Crippen LogP contribution in [0, 0.1) is 0 Å². The highest BCUT2D eigenvalue weighted by molar-refractivity contribution is 8.14. The lowest BCUT2D eigenvalue weighted by molar-refractivity contribution is -0.229. The minimum atomic E-state index is -4.53. The Bertz CT molecular complexity index is 300. The number of hydrogen-bond donors (Lipinski definition) is 0. The molecule has 2 atom stereocenters. The SMILES string of the molecule is O=S(=O)(Cl)C1CCOC(C(F)(F)F)C1. The first kappa shape index (κ1) is 12.1. The Morgan fingerprint density at radius 2 is 1.93 bits per heavy atom. The van der Waals surface area contributed by atoms with Crippen molar-refractivity contribution in [2.24, 2.45) is 0 Å². The summed E-state index contributed by atoms with van der Waals surface area (Å²) in [5.41, 5.74) is 0. The van der Waals surface area contributed by atoms with Crippen molar-refractivity contribution in [3.8, 4) is 0 Å². The summed E-state index contributed by atoms with van der Waals surface area (Å²) >= 11 is 0. The molecule has 1 rings (SSSR count). The molecule has 0 bridgehead atoms. The van der Waals surface area contributed by atoms with Crippen LogP contribution in [0.1, 0.15) is 12.8 Å². The number of hydrogen-bond acceptors (Lipinski definition) is 3. The molecule has 1 aliphatic rings. The van der Waals surface area contributed by atoms with E-state index in [0.717, 1.165) is 0 Å². The van der Waals surface area contributed by atoms with E-state index in [9.17, 15) is 21.6 Å². The molecule has 0 aromatic rings. The predicted molar refractivity (Wildman–Crippen MR) is 43.6 cm³/mol. The van der Waals surface area contributed by atoms with Gasteiger partial charge in [0, 0.05) is 23.7 Å². The minimum Gasteiger partial charge on any atom is -0.369 e. The van der Waals surface area contributed by atoms with Crippen molar-refractivity contribution in [3.63, 3.8) is 0 Å². The average molecular weight is 253 g/mol. The summed E-state index contributed by atoms with van der Waals surface area (Å²) in [6, 6.07) is 0. The topological polar surface area (TPSA) is 43.4 Å². The van der Waals surface area contributed by atoms with Gasteiger partial charge in [0.2, 0.25) is 9.05 Å². The molecule has 1 aliphatic heterocycles. The summed E-state index contributed by atoms with van der Waals surface area (Å²) in [4.78, 5) is 0. The Morgan fingerprint density at radius 1 is 1.36 bits per heavy atom. The van der Waals surface area contributed by atoms with E-state index < -0.39 is 33.0 Å². The van der Waals surface area contributed by atoms with Gasteiger partial charge in [-0.2, -0.15) is 13.2 Å². The largest absolute Gasteiger partial charge is 0.414 e. The van der Waals surface area contributed by atoms with Gasteiger partial charge < -0.3 is 4.74 Å². The zero-order valence-corrected chi connectivity index (χ0v) is 8.49. The van der Waals surface area contributed by atoms with Gasteiger partial charge in [0.1, 0.15) is 0 Å². The second-order valence-electron chi connectivity index (χ2n) is 3.02. The fourth-order valence-corrected chi connectivity index (χ4v) is 2.52. The van der Waals surface area contributed by atoms with Crippen molar-refractivity contribution < 1.29 is 26.3 Å². The molecule has 0 N–H and O–H groups in total. The highest BCUT2D eigenvalue weighted by Gasteiger charge is 2.46. The van der Waals surface area contributed by atoms with Crippen LogP contribution < -0.4 is 0 Å². The molecule has 1 fully saturated rings. The van der Waals surface area contributed by atoms with Gasteiger partial charge in [0.05, 0.1) is 5.25 Å². The third-order valence-corrected chi connectivity index (χ3v) is 3.98. The van der Waals surface area contributed by atoms with Gasteiger partial charge in [-0.25, -0.2) is 8.42 Å². The lowest BCUT2D eigenvalue weighted by Crippen LogP contribution is -2.41. The van der Waals surface area contributed by atoms with Gasteiger partial charge >= 0.3 is 6.18 Å². The van der Waals surface area contributed by atoms with Crippen LogP contribution in [-0.4, -0.2) is 32.6 Å². The van der Waals surface area contributed by atoms with Crippen LogP contribution in [0.25, 0.3) is 0 Å². The van der Waals surface area contributed by atoms with E-state index in [4.69, 9.17) is 10.7 Å². The Kier molecular flexibility index (Phi) is 3.33. The summed E-state index contributed by atoms with van der Waals surface area (Å²) in [6.07, 6.45) is -7.15. The Hall–Kier alpha value is -0.0100. The van der Waals surface area contributed by atoms with Gasteiger partial charge in [-0.1, -0.05) is 0 Å². The van der Waals surface area contributed by atoms with Crippen LogP contribution in [0.15, 0.2) is 0 Å². The maximum Gasteiger partial charge on any atom is 0.414 e. The molecule has 0 aliphatic carbocycles. The highest BCUT2D eigenvalue weighted by Crippen LogP contribution is 2.32. The first-order valence-corrected chi connectivity index (χ1v) is 6.20. The molecule has 0 aromatic carbocycles. The zero-order valence-electron chi connectivity index (χ0n) is 6.92. The third kappa shape index (κ3) is 2.99. The van der Waals surface area contributed by atoms with Crippen LogP contribution in [0.2, 0.25) is 0 Å². The van der Waals surface area contributed by atoms with Gasteiger partial charge in [-0.3, -0.25) is 0 Å². The van der Waals surface area contributed by atoms with E-state index in [1.807, 2.05) is 0 Å². The van der Waals surface area contributed by atoms with E-state index >= 15 is 0 Å². The summed E-state index contributed by atoms with van der Waals surface area (Å²) in [7, 11) is 1.05. The molecule has 8 heteroatoms. The number of rotatable bonds is 1. The lowest BCUT2D eigenvalue weighted by Gasteiger charge is -2.28. The molecule has 0 radical (unpaired) electrons. The van der Waals surface area contributed by atoms with Gasteiger partial charge in [0.25, 0.3) is 0 Å². The molecular weight excluding hydrogens is 245 g/mol. The Morgan fingerprint density at radius 3 is 2.36 bits per heavy atom. The summed E-state index contributed by atoms with van der Waals surface area (Å²) in [6.45, 7) is -0.235. The fraction of sp³-hybridized carbons (Fsp3) is 1.00. The van der Waals surface area contributed by atoms with Crippen molar-refractivity contribution in [2.45, 2.75) is 30.4 Å². The van der Waals surface area contributed by atoms with Crippen molar-refractivity contribution in [2.75, 3.05) is 6.61 Å². The number of halogens is 4. The molecule has 0 saturated carbocycles. The number of ether oxygens (including phenoxy) is 1. The molecule has 2 unspecified atom stereocenters. The summed E-state index contributed by atoms with van der Waals surface area (Å²) in [5.74, 6) is 0. The van der Waals surface area contributed by atoms with Crippen LogP contribution in [-0.2, 0) is 13.8 Å².